The Labute approximate surface area is 120 Å². The number of pyridine rings is 1. The molecule has 0 saturated heterocycles. The molecule has 4 nitrogen and oxygen atoms in total. The first-order valence-electron chi connectivity index (χ1n) is 5.50. The number of ether oxygens (including phenoxy) is 2. The third-order valence-corrected chi connectivity index (χ3v) is 2.43. The van der Waals surface area contributed by atoms with Gasteiger partial charge in [-0.05, 0) is 13.0 Å². The van der Waals surface area contributed by atoms with Gasteiger partial charge in [0, 0.05) is 11.4 Å². The molecule has 0 saturated carbocycles. The topological polar surface area (TPSA) is 48.4 Å². The first-order chi connectivity index (χ1) is 9.69. The molecule has 1 aromatic rings. The third kappa shape index (κ3) is 4.69. The van der Waals surface area contributed by atoms with Crippen molar-refractivity contribution in [1.29, 1.82) is 0 Å². The van der Waals surface area contributed by atoms with Crippen molar-refractivity contribution in [3.8, 4) is 5.75 Å². The molecule has 0 amide bonds. The van der Waals surface area contributed by atoms with Crippen LogP contribution in [-0.4, -0.2) is 23.9 Å². The lowest BCUT2D eigenvalue weighted by molar-refractivity contribution is -0.275. The van der Waals surface area contributed by atoms with E-state index in [2.05, 4.69) is 14.5 Å². The number of rotatable bonds is 5. The minimum atomic E-state index is -5.18. The molecule has 0 spiro atoms. The van der Waals surface area contributed by atoms with Gasteiger partial charge < -0.3 is 9.47 Å². The molecule has 0 radical (unpaired) electrons. The van der Waals surface area contributed by atoms with Crippen molar-refractivity contribution in [1.82, 2.24) is 4.98 Å². The van der Waals surface area contributed by atoms with Crippen molar-refractivity contribution in [3.05, 3.63) is 23.0 Å². The van der Waals surface area contributed by atoms with Crippen molar-refractivity contribution in [2.45, 2.75) is 25.6 Å². The smallest absolute Gasteiger partial charge is 0.461 e. The number of halogens is 6. The van der Waals surface area contributed by atoms with Crippen molar-refractivity contribution < 1.29 is 36.2 Å². The van der Waals surface area contributed by atoms with Gasteiger partial charge in [0.1, 0.15) is 5.69 Å². The highest BCUT2D eigenvalue weighted by atomic mass is 35.5. The first-order valence-corrected chi connectivity index (χ1v) is 6.03. The standard InChI is InChI=1S/C11H9ClF5NO3/c1-2-20-10(19)7-5(4-12)3-6(21-11(15,16)17)8(18-7)9(13)14/h3,9H,2,4H2,1H3. The van der Waals surface area contributed by atoms with E-state index >= 15 is 0 Å². The predicted molar refractivity (Wildman–Crippen MR) is 61.4 cm³/mol. The molecular weight excluding hydrogens is 325 g/mol. The van der Waals surface area contributed by atoms with Gasteiger partial charge in [0.2, 0.25) is 0 Å². The van der Waals surface area contributed by atoms with E-state index in [9.17, 15) is 26.7 Å². The van der Waals surface area contributed by atoms with Crippen LogP contribution in [0.3, 0.4) is 0 Å². The van der Waals surface area contributed by atoms with E-state index in [0.29, 0.717) is 6.07 Å². The molecule has 1 heterocycles. The van der Waals surface area contributed by atoms with E-state index < -0.39 is 41.8 Å². The summed E-state index contributed by atoms with van der Waals surface area (Å²) < 4.78 is 70.1. The van der Waals surface area contributed by atoms with Gasteiger partial charge in [-0.15, -0.1) is 24.8 Å². The molecule has 21 heavy (non-hydrogen) atoms. The largest absolute Gasteiger partial charge is 0.573 e. The highest BCUT2D eigenvalue weighted by molar-refractivity contribution is 6.17. The van der Waals surface area contributed by atoms with Gasteiger partial charge in [0.15, 0.2) is 11.4 Å². The van der Waals surface area contributed by atoms with Gasteiger partial charge in [-0.2, -0.15) is 0 Å². The normalized spacial score (nSPS) is 11.6. The van der Waals surface area contributed by atoms with E-state index in [4.69, 9.17) is 11.6 Å². The van der Waals surface area contributed by atoms with Crippen LogP contribution < -0.4 is 4.74 Å². The Kier molecular flexibility index (Phi) is 5.70. The van der Waals surface area contributed by atoms with Crippen LogP contribution in [0.25, 0.3) is 0 Å². The van der Waals surface area contributed by atoms with Crippen molar-refractivity contribution in [2.75, 3.05) is 6.61 Å². The average molecular weight is 334 g/mol. The number of nitrogens with zero attached hydrogens (tertiary/aromatic N) is 1. The molecule has 0 aromatic carbocycles. The maximum Gasteiger partial charge on any atom is 0.573 e. The molecule has 0 fully saturated rings. The highest BCUT2D eigenvalue weighted by Crippen LogP contribution is 2.33. The van der Waals surface area contributed by atoms with Crippen LogP contribution >= 0.6 is 11.6 Å². The quantitative estimate of drug-likeness (QED) is 0.467. The predicted octanol–water partition coefficient (Wildman–Crippen LogP) is 3.83. The maximum absolute atomic E-state index is 12.8. The summed E-state index contributed by atoms with van der Waals surface area (Å²) in [6, 6.07) is 0.598. The number of hydrogen-bond acceptors (Lipinski definition) is 4. The summed E-state index contributed by atoms with van der Waals surface area (Å²) in [6.45, 7) is 1.40. The van der Waals surface area contributed by atoms with Crippen LogP contribution in [0, 0.1) is 0 Å². The van der Waals surface area contributed by atoms with Gasteiger partial charge in [0.05, 0.1) is 6.61 Å². The molecule has 10 heteroatoms. The Morgan fingerprint density at radius 2 is 2.05 bits per heavy atom. The molecule has 0 atom stereocenters. The van der Waals surface area contributed by atoms with E-state index in [1.54, 1.807) is 0 Å². The SMILES string of the molecule is CCOC(=O)c1nc(C(F)F)c(OC(F)(F)F)cc1CCl. The fourth-order valence-corrected chi connectivity index (χ4v) is 1.59. The van der Waals surface area contributed by atoms with Gasteiger partial charge >= 0.3 is 12.3 Å². The lowest BCUT2D eigenvalue weighted by Gasteiger charge is -2.15. The third-order valence-electron chi connectivity index (χ3n) is 2.14. The van der Waals surface area contributed by atoms with Crippen LogP contribution in [0.4, 0.5) is 22.0 Å². The Morgan fingerprint density at radius 1 is 1.43 bits per heavy atom. The van der Waals surface area contributed by atoms with Gasteiger partial charge in [-0.25, -0.2) is 18.6 Å². The molecule has 0 aliphatic carbocycles. The second-order valence-corrected chi connectivity index (χ2v) is 3.85. The molecule has 0 aliphatic heterocycles. The Morgan fingerprint density at radius 3 is 2.48 bits per heavy atom. The van der Waals surface area contributed by atoms with Crippen LogP contribution in [0.1, 0.15) is 35.1 Å². The minimum Gasteiger partial charge on any atom is -0.461 e. The Hall–Kier alpha value is -1.64. The monoisotopic (exact) mass is 333 g/mol. The highest BCUT2D eigenvalue weighted by Gasteiger charge is 2.35. The summed E-state index contributed by atoms with van der Waals surface area (Å²) >= 11 is 5.48. The molecule has 1 aromatic heterocycles. The Balaban J connectivity index is 3.37. The van der Waals surface area contributed by atoms with Crippen LogP contribution in [0.2, 0.25) is 0 Å². The number of aromatic nitrogens is 1. The molecule has 118 valence electrons. The molecular formula is C11H9ClF5NO3. The molecule has 0 unspecified atom stereocenters. The lowest BCUT2D eigenvalue weighted by atomic mass is 10.1. The van der Waals surface area contributed by atoms with E-state index in [1.807, 2.05) is 0 Å². The number of carbonyl (C=O) groups is 1. The molecule has 0 bridgehead atoms. The van der Waals surface area contributed by atoms with Crippen molar-refractivity contribution in [2.24, 2.45) is 0 Å². The number of carbonyl (C=O) groups excluding carboxylic acids is 1. The Bertz CT molecular complexity index is 521. The number of hydrogen-bond donors (Lipinski definition) is 0. The summed E-state index contributed by atoms with van der Waals surface area (Å²) in [7, 11) is 0. The van der Waals surface area contributed by atoms with Gasteiger partial charge in [-0.3, -0.25) is 0 Å². The zero-order chi connectivity index (χ0) is 16.2. The van der Waals surface area contributed by atoms with Crippen molar-refractivity contribution in [3.63, 3.8) is 0 Å². The van der Waals surface area contributed by atoms with Gasteiger partial charge in [0.25, 0.3) is 6.43 Å². The second kappa shape index (κ2) is 6.88. The summed E-state index contributed by atoms with van der Waals surface area (Å²) in [5, 5.41) is 0. The van der Waals surface area contributed by atoms with Crippen molar-refractivity contribution >= 4 is 17.6 Å². The van der Waals surface area contributed by atoms with Crippen LogP contribution in [-0.2, 0) is 10.6 Å². The molecule has 0 aliphatic rings. The summed E-state index contributed by atoms with van der Waals surface area (Å²) in [6.07, 6.45) is -8.56. The molecule has 1 rings (SSSR count). The fraction of sp³-hybridized carbons (Fsp3) is 0.455. The summed E-state index contributed by atoms with van der Waals surface area (Å²) in [5.41, 5.74) is -2.10. The van der Waals surface area contributed by atoms with Crippen LogP contribution in [0.5, 0.6) is 5.75 Å². The van der Waals surface area contributed by atoms with E-state index in [1.165, 1.54) is 6.92 Å². The zero-order valence-electron chi connectivity index (χ0n) is 10.5. The van der Waals surface area contributed by atoms with E-state index in [0.717, 1.165) is 0 Å². The van der Waals surface area contributed by atoms with Gasteiger partial charge in [-0.1, -0.05) is 0 Å². The molecule has 0 N–H and O–H groups in total. The maximum atomic E-state index is 12.8. The lowest BCUT2D eigenvalue weighted by Crippen LogP contribution is -2.20. The fourth-order valence-electron chi connectivity index (χ4n) is 1.39. The number of alkyl halides is 6. The van der Waals surface area contributed by atoms with E-state index in [-0.39, 0.29) is 12.2 Å². The zero-order valence-corrected chi connectivity index (χ0v) is 11.3. The summed E-state index contributed by atoms with van der Waals surface area (Å²) in [4.78, 5) is 14.8. The summed E-state index contributed by atoms with van der Waals surface area (Å²) in [5.74, 6) is -2.70. The average Bonchev–Trinajstić information content (AvgIpc) is 2.36. The minimum absolute atomic E-state index is 0.0624. The van der Waals surface area contributed by atoms with Crippen LogP contribution in [0.15, 0.2) is 6.07 Å². The first kappa shape index (κ1) is 17.4. The number of esters is 1. The second-order valence-electron chi connectivity index (χ2n) is 3.58.